The molecular weight excluding hydrogens is 646 g/mol. The molecule has 1 atom stereocenters. The Morgan fingerprint density at radius 2 is 1.42 bits per heavy atom. The van der Waals surface area contributed by atoms with Crippen LogP contribution in [0.25, 0.3) is 6.08 Å². The Kier molecular flexibility index (Phi) is 11.1. The summed E-state index contributed by atoms with van der Waals surface area (Å²) in [5, 5.41) is 17.2. The van der Waals surface area contributed by atoms with Gasteiger partial charge in [-0.3, -0.25) is 14.4 Å². The third kappa shape index (κ3) is 8.79. The second kappa shape index (κ2) is 15.8. The van der Waals surface area contributed by atoms with Crippen LogP contribution >= 0.6 is 23.4 Å². The molecule has 240 valence electrons. The molecule has 4 N–H and O–H groups in total. The van der Waals surface area contributed by atoms with Crippen molar-refractivity contribution in [2.24, 2.45) is 0 Å². The van der Waals surface area contributed by atoms with Gasteiger partial charge in [0, 0.05) is 21.8 Å². The first-order valence-electron chi connectivity index (χ1n) is 14.8. The Morgan fingerprint density at radius 1 is 0.750 bits per heavy atom. The molecule has 0 aliphatic carbocycles. The van der Waals surface area contributed by atoms with Crippen LogP contribution < -0.4 is 16.0 Å². The zero-order chi connectivity index (χ0) is 34.0. The van der Waals surface area contributed by atoms with Gasteiger partial charge in [-0.25, -0.2) is 4.79 Å². The average Bonchev–Trinajstić information content (AvgIpc) is 3.09. The highest BCUT2D eigenvalue weighted by Gasteiger charge is 2.23. The van der Waals surface area contributed by atoms with Crippen LogP contribution in [0, 0.1) is 6.92 Å². The maximum Gasteiger partial charge on any atom is 0.337 e. The van der Waals surface area contributed by atoms with Crippen LogP contribution in [0.4, 0.5) is 11.4 Å². The molecule has 8 nitrogen and oxygen atoms in total. The molecule has 0 aliphatic rings. The second-order valence-corrected chi connectivity index (χ2v) is 12.2. The summed E-state index contributed by atoms with van der Waals surface area (Å²) in [5.41, 5.74) is 3.49. The van der Waals surface area contributed by atoms with Crippen molar-refractivity contribution in [2.45, 2.75) is 17.1 Å². The Bertz CT molecular complexity index is 2000. The van der Waals surface area contributed by atoms with Crippen molar-refractivity contribution in [2.75, 3.05) is 10.6 Å². The van der Waals surface area contributed by atoms with Gasteiger partial charge in [0.1, 0.15) is 10.9 Å². The zero-order valence-corrected chi connectivity index (χ0v) is 27.2. The number of anilines is 2. The summed E-state index contributed by atoms with van der Waals surface area (Å²) in [5.74, 6) is -2.55. The molecule has 0 heterocycles. The molecule has 0 bridgehead atoms. The number of carboxylic acid groups (broad SMARTS) is 1. The first-order valence-corrected chi connectivity index (χ1v) is 16.0. The smallest absolute Gasteiger partial charge is 0.337 e. The highest BCUT2D eigenvalue weighted by molar-refractivity contribution is 8.00. The molecule has 10 heteroatoms. The third-order valence-corrected chi connectivity index (χ3v) is 8.75. The fraction of sp³-hybridized carbons (Fsp3) is 0.0526. The van der Waals surface area contributed by atoms with Crippen molar-refractivity contribution in [3.8, 4) is 0 Å². The third-order valence-electron chi connectivity index (χ3n) is 7.17. The number of rotatable bonds is 11. The minimum Gasteiger partial charge on any atom is -0.478 e. The molecular formula is C38H30ClN3O5S. The number of aromatic carboxylic acids is 1. The first-order chi connectivity index (χ1) is 23.2. The topological polar surface area (TPSA) is 125 Å². The Hall–Kier alpha value is -5.64. The van der Waals surface area contributed by atoms with E-state index in [0.717, 1.165) is 11.1 Å². The van der Waals surface area contributed by atoms with Gasteiger partial charge >= 0.3 is 5.97 Å². The maximum atomic E-state index is 13.6. The number of carbonyl (C=O) groups is 4. The highest BCUT2D eigenvalue weighted by Crippen LogP contribution is 2.37. The quantitative estimate of drug-likeness (QED) is 0.0826. The van der Waals surface area contributed by atoms with Crippen molar-refractivity contribution in [3.05, 3.63) is 166 Å². The van der Waals surface area contributed by atoms with E-state index in [1.807, 2.05) is 67.6 Å². The van der Waals surface area contributed by atoms with Gasteiger partial charge < -0.3 is 21.1 Å². The van der Waals surface area contributed by atoms with Crippen LogP contribution in [0.2, 0.25) is 5.02 Å². The van der Waals surface area contributed by atoms with E-state index in [2.05, 4.69) is 16.0 Å². The molecule has 0 aliphatic heterocycles. The normalized spacial score (nSPS) is 11.7. The van der Waals surface area contributed by atoms with Gasteiger partial charge in [0.05, 0.1) is 10.6 Å². The number of amides is 3. The van der Waals surface area contributed by atoms with Crippen molar-refractivity contribution in [1.82, 2.24) is 5.32 Å². The van der Waals surface area contributed by atoms with Crippen LogP contribution in [-0.4, -0.2) is 28.8 Å². The number of benzene rings is 5. The van der Waals surface area contributed by atoms with E-state index in [1.165, 1.54) is 30.0 Å². The van der Waals surface area contributed by atoms with Gasteiger partial charge in [0.15, 0.2) is 0 Å². The van der Waals surface area contributed by atoms with E-state index in [0.29, 0.717) is 21.7 Å². The summed E-state index contributed by atoms with van der Waals surface area (Å²) in [7, 11) is 0. The molecule has 48 heavy (non-hydrogen) atoms. The van der Waals surface area contributed by atoms with Crippen LogP contribution in [0.15, 0.2) is 138 Å². The summed E-state index contributed by atoms with van der Waals surface area (Å²) in [4.78, 5) is 52.6. The van der Waals surface area contributed by atoms with Crippen molar-refractivity contribution in [3.63, 3.8) is 0 Å². The Labute approximate surface area is 286 Å². The van der Waals surface area contributed by atoms with Gasteiger partial charge in [0.2, 0.25) is 5.91 Å². The molecule has 0 spiro atoms. The predicted octanol–water partition coefficient (Wildman–Crippen LogP) is 8.23. The molecule has 5 aromatic carbocycles. The lowest BCUT2D eigenvalue weighted by Gasteiger charge is -2.18. The minimum atomic E-state index is -1.21. The predicted molar refractivity (Wildman–Crippen MR) is 190 cm³/mol. The van der Waals surface area contributed by atoms with Gasteiger partial charge in [-0.05, 0) is 78.2 Å². The molecule has 1 unspecified atom stereocenters. The summed E-state index contributed by atoms with van der Waals surface area (Å²) in [6.07, 6.45) is 1.63. The molecule has 5 aromatic rings. The van der Waals surface area contributed by atoms with Crippen molar-refractivity contribution in [1.29, 1.82) is 0 Å². The highest BCUT2D eigenvalue weighted by atomic mass is 35.5. The van der Waals surface area contributed by atoms with Crippen molar-refractivity contribution < 1.29 is 24.3 Å². The van der Waals surface area contributed by atoms with Crippen LogP contribution in [0.3, 0.4) is 0 Å². The summed E-state index contributed by atoms with van der Waals surface area (Å²) in [6, 6.07) is 36.6. The van der Waals surface area contributed by atoms with E-state index in [4.69, 9.17) is 11.6 Å². The molecule has 0 saturated carbocycles. The minimum absolute atomic E-state index is 0.0569. The number of carboxylic acids is 1. The lowest BCUT2D eigenvalue weighted by atomic mass is 10.1. The lowest BCUT2D eigenvalue weighted by molar-refractivity contribution is -0.116. The van der Waals surface area contributed by atoms with Gasteiger partial charge in [-0.2, -0.15) is 0 Å². The van der Waals surface area contributed by atoms with E-state index >= 15 is 0 Å². The number of nitrogens with one attached hydrogen (secondary N) is 3. The largest absolute Gasteiger partial charge is 0.478 e. The summed E-state index contributed by atoms with van der Waals surface area (Å²) >= 11 is 7.27. The fourth-order valence-electron chi connectivity index (χ4n) is 4.70. The van der Waals surface area contributed by atoms with Gasteiger partial charge in [-0.15, -0.1) is 11.8 Å². The van der Waals surface area contributed by atoms with E-state index in [-0.39, 0.29) is 27.9 Å². The monoisotopic (exact) mass is 675 g/mol. The Morgan fingerprint density at radius 3 is 2.12 bits per heavy atom. The van der Waals surface area contributed by atoms with Crippen LogP contribution in [0.5, 0.6) is 0 Å². The van der Waals surface area contributed by atoms with Crippen LogP contribution in [-0.2, 0) is 9.59 Å². The summed E-state index contributed by atoms with van der Waals surface area (Å²) < 4.78 is 0. The number of hydrogen-bond donors (Lipinski definition) is 4. The second-order valence-electron chi connectivity index (χ2n) is 10.6. The fourth-order valence-corrected chi connectivity index (χ4v) is 5.99. The zero-order valence-electron chi connectivity index (χ0n) is 25.6. The number of aryl methyl sites for hydroxylation is 1. The molecule has 0 radical (unpaired) electrons. The molecule has 0 fully saturated rings. The summed E-state index contributed by atoms with van der Waals surface area (Å²) in [6.45, 7) is 1.92. The average molecular weight is 676 g/mol. The standard InChI is InChI=1S/C38H30ClN3O5S/c1-24-11-8-9-16-27(24)21-33(42-35(43)26-14-6-3-7-15-26)36(44)40-28-17-10-18-30(22-28)48-34(25-12-4-2-5-13-25)37(45)41-29-19-20-32(39)31(23-29)38(46)47/h2-23,34H,1H3,(H,40,44)(H,41,45)(H,42,43)(H,46,47)/b33-21-. The van der Waals surface area contributed by atoms with Gasteiger partial charge in [-0.1, -0.05) is 90.5 Å². The first kappa shape index (κ1) is 33.7. The number of thioether (sulfide) groups is 1. The molecule has 0 saturated heterocycles. The van der Waals surface area contributed by atoms with Crippen LogP contribution in [0.1, 0.15) is 42.7 Å². The van der Waals surface area contributed by atoms with Gasteiger partial charge in [0.25, 0.3) is 11.8 Å². The number of hydrogen-bond acceptors (Lipinski definition) is 5. The SMILES string of the molecule is Cc1ccccc1/C=C(\NC(=O)c1ccccc1)C(=O)Nc1cccc(SC(C(=O)Nc2ccc(Cl)c(C(=O)O)c2)c2ccccc2)c1. The number of carbonyl (C=O) groups excluding carboxylic acids is 3. The van der Waals surface area contributed by atoms with E-state index in [9.17, 15) is 24.3 Å². The van der Waals surface area contributed by atoms with E-state index in [1.54, 1.807) is 54.6 Å². The molecule has 0 aromatic heterocycles. The molecule has 5 rings (SSSR count). The maximum absolute atomic E-state index is 13.6. The lowest BCUT2D eigenvalue weighted by Crippen LogP contribution is -2.30. The molecule has 3 amide bonds. The van der Waals surface area contributed by atoms with E-state index < -0.39 is 23.0 Å². The van der Waals surface area contributed by atoms with Crippen molar-refractivity contribution >= 4 is 64.5 Å². The number of halogens is 1. The Balaban J connectivity index is 1.39.